The second-order valence-corrected chi connectivity index (χ2v) is 8.51. The minimum atomic E-state index is -0.370. The van der Waals surface area contributed by atoms with E-state index in [4.69, 9.17) is 20.9 Å². The molecule has 0 aliphatic heterocycles. The highest BCUT2D eigenvalue weighted by atomic mass is 35.5. The Morgan fingerprint density at radius 3 is 2.74 bits per heavy atom. The molecule has 0 amide bonds. The van der Waals surface area contributed by atoms with Crippen molar-refractivity contribution >= 4 is 39.6 Å². The van der Waals surface area contributed by atoms with Gasteiger partial charge in [0.25, 0.3) is 17.6 Å². The number of nitrogens with zero attached hydrogens (tertiary/aromatic N) is 4. The Morgan fingerprint density at radius 2 is 1.97 bits per heavy atom. The number of thiophene rings is 1. The van der Waals surface area contributed by atoms with Gasteiger partial charge >= 0.3 is 0 Å². The van der Waals surface area contributed by atoms with Crippen LogP contribution in [0.2, 0.25) is 4.34 Å². The van der Waals surface area contributed by atoms with Crippen molar-refractivity contribution < 1.29 is 14.0 Å². The zero-order valence-corrected chi connectivity index (χ0v) is 17.9. The van der Waals surface area contributed by atoms with Gasteiger partial charge < -0.3 is 9.25 Å². The Hall–Kier alpha value is -3.49. The molecule has 0 aliphatic carbocycles. The molecule has 4 aromatic heterocycles. The van der Waals surface area contributed by atoms with Crippen molar-refractivity contribution in [2.24, 2.45) is 0 Å². The molecule has 0 spiro atoms. The SMILES string of the molecule is Cc1c(C(=O)c2nnc(-c3ccccn3)o2)c2ccccc2n1OCc1ccc(Cl)s1. The van der Waals surface area contributed by atoms with Gasteiger partial charge in [-0.3, -0.25) is 9.78 Å². The van der Waals surface area contributed by atoms with Crippen LogP contribution >= 0.6 is 22.9 Å². The van der Waals surface area contributed by atoms with E-state index in [1.54, 1.807) is 23.1 Å². The molecule has 7 nitrogen and oxygen atoms in total. The monoisotopic (exact) mass is 450 g/mol. The summed E-state index contributed by atoms with van der Waals surface area (Å²) in [5.41, 5.74) is 2.38. The van der Waals surface area contributed by atoms with Crippen LogP contribution < -0.4 is 4.84 Å². The molecule has 0 fully saturated rings. The molecule has 0 N–H and O–H groups in total. The fourth-order valence-electron chi connectivity index (χ4n) is 3.36. The van der Waals surface area contributed by atoms with Gasteiger partial charge in [-0.1, -0.05) is 35.9 Å². The summed E-state index contributed by atoms with van der Waals surface area (Å²) < 4.78 is 7.99. The second-order valence-electron chi connectivity index (χ2n) is 6.71. The second kappa shape index (κ2) is 7.98. The molecule has 154 valence electrons. The van der Waals surface area contributed by atoms with E-state index in [0.717, 1.165) is 15.8 Å². The van der Waals surface area contributed by atoms with Gasteiger partial charge in [-0.25, -0.2) is 0 Å². The summed E-state index contributed by atoms with van der Waals surface area (Å²) in [5, 5.41) is 8.67. The molecular weight excluding hydrogens is 436 g/mol. The molecule has 0 radical (unpaired) electrons. The predicted molar refractivity (Wildman–Crippen MR) is 117 cm³/mol. The molecule has 0 saturated heterocycles. The smallest absolute Gasteiger partial charge is 0.289 e. The maximum Gasteiger partial charge on any atom is 0.289 e. The molecule has 0 aliphatic rings. The number of hydrogen-bond donors (Lipinski definition) is 0. The van der Waals surface area contributed by atoms with Crippen molar-refractivity contribution in [1.29, 1.82) is 0 Å². The number of halogens is 1. The molecule has 5 rings (SSSR count). The van der Waals surface area contributed by atoms with Gasteiger partial charge in [0.15, 0.2) is 0 Å². The lowest BCUT2D eigenvalue weighted by Gasteiger charge is -2.09. The minimum Gasteiger partial charge on any atom is -0.412 e. The minimum absolute atomic E-state index is 0.100. The topological polar surface area (TPSA) is 83.0 Å². The van der Waals surface area contributed by atoms with Gasteiger partial charge in [0.05, 0.1) is 21.1 Å². The van der Waals surface area contributed by atoms with Gasteiger partial charge in [-0.15, -0.1) is 21.5 Å². The fourth-order valence-corrected chi connectivity index (χ4v) is 4.36. The van der Waals surface area contributed by atoms with Crippen LogP contribution in [0.15, 0.2) is 65.2 Å². The van der Waals surface area contributed by atoms with Crippen LogP contribution in [0.4, 0.5) is 0 Å². The van der Waals surface area contributed by atoms with Crippen molar-refractivity contribution in [3.8, 4) is 11.6 Å². The third-order valence-corrected chi connectivity index (χ3v) is 5.96. The molecule has 0 unspecified atom stereocenters. The van der Waals surface area contributed by atoms with Crippen LogP contribution in [0.1, 0.15) is 26.8 Å². The molecule has 5 aromatic rings. The summed E-state index contributed by atoms with van der Waals surface area (Å²) in [4.78, 5) is 24.5. The van der Waals surface area contributed by atoms with E-state index >= 15 is 0 Å². The highest BCUT2D eigenvalue weighted by Gasteiger charge is 2.26. The van der Waals surface area contributed by atoms with Crippen LogP contribution in [0, 0.1) is 6.92 Å². The van der Waals surface area contributed by atoms with E-state index in [1.807, 2.05) is 49.4 Å². The standard InChI is InChI=1S/C22H15ClN4O3S/c1-13-19(20(28)22-26-25-21(30-22)16-7-4-5-11-24-16)15-6-2-3-8-17(15)27(13)29-12-14-9-10-18(23)31-14/h2-11H,12H2,1H3. The first-order valence-corrected chi connectivity index (χ1v) is 10.6. The lowest BCUT2D eigenvalue weighted by Crippen LogP contribution is -2.13. The number of rotatable bonds is 6. The number of carbonyl (C=O) groups excluding carboxylic acids is 1. The van der Waals surface area contributed by atoms with Gasteiger partial charge in [0, 0.05) is 16.5 Å². The lowest BCUT2D eigenvalue weighted by atomic mass is 10.1. The molecule has 4 heterocycles. The predicted octanol–water partition coefficient (Wildman–Crippen LogP) is 4.97. The molecular formula is C22H15ClN4O3S. The van der Waals surface area contributed by atoms with Crippen molar-refractivity contribution in [2.45, 2.75) is 13.5 Å². The number of hydrogen-bond acceptors (Lipinski definition) is 7. The van der Waals surface area contributed by atoms with E-state index in [-0.39, 0.29) is 17.6 Å². The number of fused-ring (bicyclic) bond motifs is 1. The number of para-hydroxylation sites is 1. The van der Waals surface area contributed by atoms with E-state index in [1.165, 1.54) is 11.3 Å². The quantitative estimate of drug-likeness (QED) is 0.340. The highest BCUT2D eigenvalue weighted by molar-refractivity contribution is 7.16. The maximum atomic E-state index is 13.3. The number of ketones is 1. The molecule has 0 saturated carbocycles. The van der Waals surface area contributed by atoms with Crippen LogP contribution in [0.3, 0.4) is 0 Å². The van der Waals surface area contributed by atoms with Gasteiger partial charge in [-0.2, -0.15) is 4.73 Å². The summed E-state index contributed by atoms with van der Waals surface area (Å²) in [5.74, 6) is -0.280. The van der Waals surface area contributed by atoms with Crippen LogP contribution in [-0.2, 0) is 6.61 Å². The fraction of sp³-hybridized carbons (Fsp3) is 0.0909. The van der Waals surface area contributed by atoms with Crippen molar-refractivity contribution in [2.75, 3.05) is 0 Å². The van der Waals surface area contributed by atoms with Crippen LogP contribution in [0.5, 0.6) is 0 Å². The Kier molecular flexibility index (Phi) is 5.01. The number of pyridine rings is 1. The Balaban J connectivity index is 1.52. The maximum absolute atomic E-state index is 13.3. The molecule has 31 heavy (non-hydrogen) atoms. The summed E-state index contributed by atoms with van der Waals surface area (Å²) in [7, 11) is 0. The Bertz CT molecular complexity index is 1390. The van der Waals surface area contributed by atoms with E-state index in [0.29, 0.717) is 27.9 Å². The largest absolute Gasteiger partial charge is 0.412 e. The Labute approximate surface area is 185 Å². The summed E-state index contributed by atoms with van der Waals surface area (Å²) in [6, 6.07) is 16.6. The number of benzene rings is 1. The molecule has 0 bridgehead atoms. The van der Waals surface area contributed by atoms with Crippen LogP contribution in [0.25, 0.3) is 22.5 Å². The third kappa shape index (κ3) is 3.60. The third-order valence-electron chi connectivity index (χ3n) is 4.75. The zero-order chi connectivity index (χ0) is 21.4. The molecule has 1 aromatic carbocycles. The van der Waals surface area contributed by atoms with Gasteiger partial charge in [0.1, 0.15) is 12.3 Å². The van der Waals surface area contributed by atoms with E-state index in [2.05, 4.69) is 15.2 Å². The average molecular weight is 451 g/mol. The molecule has 9 heteroatoms. The van der Waals surface area contributed by atoms with E-state index in [9.17, 15) is 4.79 Å². The average Bonchev–Trinajstić information content (AvgIpc) is 3.50. The summed E-state index contributed by atoms with van der Waals surface area (Å²) >= 11 is 7.46. The van der Waals surface area contributed by atoms with Gasteiger partial charge in [0.2, 0.25) is 0 Å². The first-order valence-electron chi connectivity index (χ1n) is 9.39. The molecule has 0 atom stereocenters. The number of aromatic nitrogens is 4. The van der Waals surface area contributed by atoms with Crippen molar-refractivity contribution in [3.05, 3.63) is 87.2 Å². The summed E-state index contributed by atoms with van der Waals surface area (Å²) in [6.45, 7) is 2.15. The lowest BCUT2D eigenvalue weighted by molar-refractivity contribution is 0.0973. The van der Waals surface area contributed by atoms with E-state index < -0.39 is 0 Å². The van der Waals surface area contributed by atoms with Crippen molar-refractivity contribution in [1.82, 2.24) is 19.9 Å². The van der Waals surface area contributed by atoms with Gasteiger partial charge in [-0.05, 0) is 37.3 Å². The van der Waals surface area contributed by atoms with Crippen molar-refractivity contribution in [3.63, 3.8) is 0 Å². The Morgan fingerprint density at radius 1 is 1.13 bits per heavy atom. The normalized spacial score (nSPS) is 11.2. The first kappa shape index (κ1) is 19.5. The van der Waals surface area contributed by atoms with Crippen LogP contribution in [-0.4, -0.2) is 25.7 Å². The zero-order valence-electron chi connectivity index (χ0n) is 16.3. The number of carbonyl (C=O) groups is 1. The first-order chi connectivity index (χ1) is 15.1. The highest BCUT2D eigenvalue weighted by Crippen LogP contribution is 2.29. The summed E-state index contributed by atoms with van der Waals surface area (Å²) in [6.07, 6.45) is 1.62.